The molecular formula is C12H20N4. The van der Waals surface area contributed by atoms with E-state index in [1.54, 1.807) is 0 Å². The van der Waals surface area contributed by atoms with Crippen LogP contribution in [0.1, 0.15) is 18.5 Å². The molecule has 0 radical (unpaired) electrons. The van der Waals surface area contributed by atoms with Gasteiger partial charge in [-0.25, -0.2) is 4.98 Å². The van der Waals surface area contributed by atoms with Crippen molar-refractivity contribution in [1.29, 1.82) is 0 Å². The second-order valence-corrected chi connectivity index (χ2v) is 4.53. The zero-order chi connectivity index (χ0) is 11.5. The fourth-order valence-electron chi connectivity index (χ4n) is 1.93. The van der Waals surface area contributed by atoms with E-state index in [1.165, 1.54) is 0 Å². The lowest BCUT2D eigenvalue weighted by atomic mass is 10.1. The highest BCUT2D eigenvalue weighted by molar-refractivity contribution is 5.42. The number of hydrogen-bond acceptors (Lipinski definition) is 4. The molecule has 1 fully saturated rings. The summed E-state index contributed by atoms with van der Waals surface area (Å²) >= 11 is 0. The van der Waals surface area contributed by atoms with Gasteiger partial charge in [-0.1, -0.05) is 0 Å². The van der Waals surface area contributed by atoms with Gasteiger partial charge in [0.2, 0.25) is 0 Å². The Labute approximate surface area is 97.1 Å². The lowest BCUT2D eigenvalue weighted by Gasteiger charge is -2.33. The van der Waals surface area contributed by atoms with Gasteiger partial charge in [0.05, 0.1) is 0 Å². The lowest BCUT2D eigenvalue weighted by molar-refractivity contribution is 0.312. The molecule has 0 aromatic carbocycles. The summed E-state index contributed by atoms with van der Waals surface area (Å²) in [6.07, 6.45) is 1.85. The van der Waals surface area contributed by atoms with Crippen molar-refractivity contribution in [3.8, 4) is 0 Å². The minimum Gasteiger partial charge on any atom is -0.354 e. The van der Waals surface area contributed by atoms with Crippen LogP contribution in [-0.2, 0) is 0 Å². The van der Waals surface area contributed by atoms with Crippen LogP contribution in [0.4, 0.5) is 5.82 Å². The van der Waals surface area contributed by atoms with Crippen molar-refractivity contribution in [1.82, 2.24) is 9.88 Å². The largest absolute Gasteiger partial charge is 0.354 e. The van der Waals surface area contributed by atoms with Gasteiger partial charge in [0.15, 0.2) is 0 Å². The molecule has 1 aromatic rings. The highest BCUT2D eigenvalue weighted by Crippen LogP contribution is 2.17. The molecule has 1 unspecified atom stereocenters. The van der Waals surface area contributed by atoms with Crippen molar-refractivity contribution in [3.05, 3.63) is 23.9 Å². The van der Waals surface area contributed by atoms with Gasteiger partial charge in [-0.2, -0.15) is 0 Å². The van der Waals surface area contributed by atoms with E-state index in [-0.39, 0.29) is 6.04 Å². The van der Waals surface area contributed by atoms with E-state index in [0.717, 1.165) is 37.6 Å². The van der Waals surface area contributed by atoms with Crippen LogP contribution < -0.4 is 10.6 Å². The van der Waals surface area contributed by atoms with E-state index < -0.39 is 0 Å². The van der Waals surface area contributed by atoms with Gasteiger partial charge in [0.25, 0.3) is 0 Å². The number of nitrogens with zero attached hydrogens (tertiary/aromatic N) is 3. The third kappa shape index (κ3) is 2.51. The summed E-state index contributed by atoms with van der Waals surface area (Å²) in [6.45, 7) is 6.30. The zero-order valence-corrected chi connectivity index (χ0v) is 10.1. The van der Waals surface area contributed by atoms with Gasteiger partial charge in [0.1, 0.15) is 5.82 Å². The third-order valence-corrected chi connectivity index (χ3v) is 3.12. The summed E-state index contributed by atoms with van der Waals surface area (Å²) in [5.41, 5.74) is 7.04. The van der Waals surface area contributed by atoms with Crippen LogP contribution >= 0.6 is 0 Å². The predicted molar refractivity (Wildman–Crippen MR) is 66.5 cm³/mol. The van der Waals surface area contributed by atoms with E-state index in [2.05, 4.69) is 27.9 Å². The van der Waals surface area contributed by atoms with Crippen LogP contribution in [-0.4, -0.2) is 43.1 Å². The van der Waals surface area contributed by atoms with Gasteiger partial charge >= 0.3 is 0 Å². The minimum atomic E-state index is 0.0780. The molecule has 1 aliphatic rings. The molecule has 1 aromatic heterocycles. The SMILES string of the molecule is CC(N)c1ccnc(N2CCN(C)CC2)c1. The summed E-state index contributed by atoms with van der Waals surface area (Å²) in [4.78, 5) is 9.09. The highest BCUT2D eigenvalue weighted by atomic mass is 15.3. The normalized spacial score (nSPS) is 19.8. The lowest BCUT2D eigenvalue weighted by Crippen LogP contribution is -2.44. The van der Waals surface area contributed by atoms with Crippen molar-refractivity contribution >= 4 is 5.82 Å². The Hall–Kier alpha value is -1.13. The molecular weight excluding hydrogens is 200 g/mol. The first-order valence-corrected chi connectivity index (χ1v) is 5.82. The van der Waals surface area contributed by atoms with Gasteiger partial charge < -0.3 is 15.5 Å². The summed E-state index contributed by atoms with van der Waals surface area (Å²) in [5, 5.41) is 0. The molecule has 0 spiro atoms. The Morgan fingerprint density at radius 1 is 1.31 bits per heavy atom. The maximum absolute atomic E-state index is 5.88. The van der Waals surface area contributed by atoms with Crippen LogP contribution in [0, 0.1) is 0 Å². The second-order valence-electron chi connectivity index (χ2n) is 4.53. The predicted octanol–water partition coefficient (Wildman–Crippen LogP) is 0.853. The molecule has 1 saturated heterocycles. The standard InChI is InChI=1S/C12H20N4/c1-10(13)11-3-4-14-12(9-11)16-7-5-15(2)6-8-16/h3-4,9-10H,5-8,13H2,1-2H3. The molecule has 4 heteroatoms. The van der Waals surface area contributed by atoms with Crippen LogP contribution in [0.2, 0.25) is 0 Å². The van der Waals surface area contributed by atoms with Crippen LogP contribution in [0.25, 0.3) is 0 Å². The first-order chi connectivity index (χ1) is 7.66. The summed E-state index contributed by atoms with van der Waals surface area (Å²) in [5.74, 6) is 1.06. The Morgan fingerprint density at radius 3 is 2.62 bits per heavy atom. The van der Waals surface area contributed by atoms with Gasteiger partial charge in [-0.3, -0.25) is 0 Å². The van der Waals surface area contributed by atoms with Crippen molar-refractivity contribution in [2.75, 3.05) is 38.1 Å². The van der Waals surface area contributed by atoms with Crippen LogP contribution in [0.5, 0.6) is 0 Å². The first kappa shape index (κ1) is 11.4. The fourth-order valence-corrected chi connectivity index (χ4v) is 1.93. The number of nitrogens with two attached hydrogens (primary N) is 1. The van der Waals surface area contributed by atoms with E-state index in [0.29, 0.717) is 0 Å². The molecule has 2 N–H and O–H groups in total. The number of rotatable bonds is 2. The van der Waals surface area contributed by atoms with Crippen molar-refractivity contribution in [2.45, 2.75) is 13.0 Å². The number of pyridine rings is 1. The topological polar surface area (TPSA) is 45.4 Å². The molecule has 0 aliphatic carbocycles. The Kier molecular flexibility index (Phi) is 3.41. The fraction of sp³-hybridized carbons (Fsp3) is 0.583. The van der Waals surface area contributed by atoms with E-state index in [9.17, 15) is 0 Å². The van der Waals surface area contributed by atoms with Crippen molar-refractivity contribution in [3.63, 3.8) is 0 Å². The number of aromatic nitrogens is 1. The van der Waals surface area contributed by atoms with Crippen molar-refractivity contribution in [2.24, 2.45) is 5.73 Å². The Morgan fingerprint density at radius 2 is 2.00 bits per heavy atom. The maximum atomic E-state index is 5.88. The Balaban J connectivity index is 2.11. The monoisotopic (exact) mass is 220 g/mol. The minimum absolute atomic E-state index is 0.0780. The van der Waals surface area contributed by atoms with Crippen LogP contribution in [0.15, 0.2) is 18.3 Å². The number of piperazine rings is 1. The molecule has 1 atom stereocenters. The Bertz CT molecular complexity index is 343. The molecule has 88 valence electrons. The number of hydrogen-bond donors (Lipinski definition) is 1. The number of anilines is 1. The van der Waals surface area contributed by atoms with Crippen LogP contribution in [0.3, 0.4) is 0 Å². The van der Waals surface area contributed by atoms with Crippen molar-refractivity contribution < 1.29 is 0 Å². The van der Waals surface area contributed by atoms with Gasteiger partial charge in [-0.15, -0.1) is 0 Å². The summed E-state index contributed by atoms with van der Waals surface area (Å²) in [6, 6.07) is 4.18. The molecule has 0 bridgehead atoms. The summed E-state index contributed by atoms with van der Waals surface area (Å²) < 4.78 is 0. The average molecular weight is 220 g/mol. The summed E-state index contributed by atoms with van der Waals surface area (Å²) in [7, 11) is 2.16. The smallest absolute Gasteiger partial charge is 0.128 e. The third-order valence-electron chi connectivity index (χ3n) is 3.12. The maximum Gasteiger partial charge on any atom is 0.128 e. The van der Waals surface area contributed by atoms with E-state index in [1.807, 2.05) is 19.2 Å². The highest BCUT2D eigenvalue weighted by Gasteiger charge is 2.15. The first-order valence-electron chi connectivity index (χ1n) is 5.82. The zero-order valence-electron chi connectivity index (χ0n) is 10.1. The van der Waals surface area contributed by atoms with Gasteiger partial charge in [0, 0.05) is 38.4 Å². The molecule has 16 heavy (non-hydrogen) atoms. The van der Waals surface area contributed by atoms with E-state index >= 15 is 0 Å². The molecule has 0 amide bonds. The quantitative estimate of drug-likeness (QED) is 0.802. The molecule has 4 nitrogen and oxygen atoms in total. The van der Waals surface area contributed by atoms with E-state index in [4.69, 9.17) is 5.73 Å². The molecule has 0 saturated carbocycles. The van der Waals surface area contributed by atoms with Gasteiger partial charge in [-0.05, 0) is 31.7 Å². The number of likely N-dealkylation sites (N-methyl/N-ethyl adjacent to an activating group) is 1. The molecule has 2 heterocycles. The average Bonchev–Trinajstić information content (AvgIpc) is 2.30. The second kappa shape index (κ2) is 4.80. The molecule has 2 rings (SSSR count). The molecule has 1 aliphatic heterocycles.